The Morgan fingerprint density at radius 3 is 2.13 bits per heavy atom. The molecule has 0 bridgehead atoms. The van der Waals surface area contributed by atoms with Gasteiger partial charge in [-0.25, -0.2) is 0 Å². The minimum atomic E-state index is -4.92. The van der Waals surface area contributed by atoms with Crippen molar-refractivity contribution in [2.75, 3.05) is 39.8 Å². The molecule has 2 aromatic carbocycles. The van der Waals surface area contributed by atoms with E-state index in [4.69, 9.17) is 5.11 Å². The number of amides is 1. The number of benzene rings is 2. The number of nitrogens with zero attached hydrogens (tertiary/aromatic N) is 2. The lowest BCUT2D eigenvalue weighted by molar-refractivity contribution is -0.143. The smallest absolute Gasteiger partial charge is 0.396 e. The summed E-state index contributed by atoms with van der Waals surface area (Å²) in [5.41, 5.74) is -2.09. The van der Waals surface area contributed by atoms with Crippen LogP contribution in [-0.2, 0) is 23.6 Å². The molecule has 0 aliphatic carbocycles. The molecule has 1 aliphatic heterocycles. The van der Waals surface area contributed by atoms with Crippen LogP contribution < -0.4 is 5.32 Å². The maximum absolute atomic E-state index is 13.6. The molecular formula is C28H35F6N3O2. The fourth-order valence-corrected chi connectivity index (χ4v) is 4.83. The highest BCUT2D eigenvalue weighted by atomic mass is 19.4. The summed E-state index contributed by atoms with van der Waals surface area (Å²) in [6.45, 7) is 2.23. The molecule has 0 spiro atoms. The molecule has 1 atom stereocenters. The summed E-state index contributed by atoms with van der Waals surface area (Å²) >= 11 is 0. The van der Waals surface area contributed by atoms with Crippen molar-refractivity contribution in [3.8, 4) is 0 Å². The van der Waals surface area contributed by atoms with Crippen LogP contribution in [0.25, 0.3) is 0 Å². The van der Waals surface area contributed by atoms with Gasteiger partial charge in [-0.1, -0.05) is 30.3 Å². The third-order valence-electron chi connectivity index (χ3n) is 7.02. The zero-order valence-electron chi connectivity index (χ0n) is 21.9. The van der Waals surface area contributed by atoms with Crippen LogP contribution >= 0.6 is 0 Å². The molecule has 39 heavy (non-hydrogen) atoms. The van der Waals surface area contributed by atoms with Crippen molar-refractivity contribution in [3.63, 3.8) is 0 Å². The normalized spacial score (nSPS) is 16.3. The van der Waals surface area contributed by atoms with Gasteiger partial charge in [0.05, 0.1) is 11.1 Å². The maximum Gasteiger partial charge on any atom is 0.416 e. The predicted molar refractivity (Wildman–Crippen MR) is 136 cm³/mol. The van der Waals surface area contributed by atoms with Gasteiger partial charge < -0.3 is 15.3 Å². The first-order chi connectivity index (χ1) is 18.4. The first-order valence-electron chi connectivity index (χ1n) is 13.1. The van der Waals surface area contributed by atoms with Gasteiger partial charge >= 0.3 is 12.4 Å². The average Bonchev–Trinajstić information content (AvgIpc) is 2.90. The van der Waals surface area contributed by atoms with E-state index in [1.807, 2.05) is 30.3 Å². The van der Waals surface area contributed by atoms with Gasteiger partial charge in [-0.2, -0.15) is 26.3 Å². The molecule has 5 nitrogen and oxygen atoms in total. The van der Waals surface area contributed by atoms with Crippen LogP contribution in [0.1, 0.15) is 54.0 Å². The molecule has 1 aliphatic rings. The Morgan fingerprint density at radius 1 is 1.00 bits per heavy atom. The summed E-state index contributed by atoms with van der Waals surface area (Å²) in [6, 6.07) is 10.4. The van der Waals surface area contributed by atoms with Gasteiger partial charge in [0.1, 0.15) is 6.04 Å². The highest BCUT2D eigenvalue weighted by Gasteiger charge is 2.37. The number of hydrogen-bond acceptors (Lipinski definition) is 4. The number of aliphatic hydroxyl groups excluding tert-OH is 1. The molecule has 0 radical (unpaired) electrons. The molecule has 11 heteroatoms. The first kappa shape index (κ1) is 30.9. The van der Waals surface area contributed by atoms with E-state index < -0.39 is 29.5 Å². The van der Waals surface area contributed by atoms with E-state index in [0.717, 1.165) is 37.8 Å². The number of carbonyl (C=O) groups excluding carboxylic acids is 1. The van der Waals surface area contributed by atoms with Crippen LogP contribution in [0.3, 0.4) is 0 Å². The van der Waals surface area contributed by atoms with Crippen LogP contribution in [0.4, 0.5) is 26.3 Å². The largest absolute Gasteiger partial charge is 0.416 e. The Bertz CT molecular complexity index is 1020. The summed E-state index contributed by atoms with van der Waals surface area (Å²) in [4.78, 5) is 17.1. The molecule has 1 fully saturated rings. The number of carbonyl (C=O) groups is 1. The predicted octanol–water partition coefficient (Wildman–Crippen LogP) is 5.29. The van der Waals surface area contributed by atoms with Crippen LogP contribution in [0, 0.1) is 0 Å². The molecule has 1 unspecified atom stereocenters. The molecule has 0 saturated carbocycles. The summed E-state index contributed by atoms with van der Waals surface area (Å²) in [7, 11) is 1.52. The summed E-state index contributed by atoms with van der Waals surface area (Å²) in [5.74, 6) is -0.265. The highest BCUT2D eigenvalue weighted by Crippen LogP contribution is 2.36. The number of rotatable bonds is 11. The lowest BCUT2D eigenvalue weighted by Gasteiger charge is -2.38. The SMILES string of the molecule is CN(CCc1cc(C(F)(F)F)cc(C(F)(F)F)c1)C(=O)C(c1ccccc1)N1CCC(NCCCCO)CC1. The van der Waals surface area contributed by atoms with Crippen molar-refractivity contribution >= 4 is 5.91 Å². The molecule has 0 aromatic heterocycles. The Hall–Kier alpha value is -2.63. The Morgan fingerprint density at radius 2 is 1.59 bits per heavy atom. The highest BCUT2D eigenvalue weighted by molar-refractivity contribution is 5.83. The molecule has 2 aromatic rings. The number of aliphatic hydroxyl groups is 1. The topological polar surface area (TPSA) is 55.8 Å². The van der Waals surface area contributed by atoms with Crippen LogP contribution in [0.2, 0.25) is 0 Å². The zero-order chi connectivity index (χ0) is 28.6. The van der Waals surface area contributed by atoms with Crippen molar-refractivity contribution in [2.24, 2.45) is 0 Å². The van der Waals surface area contributed by atoms with E-state index in [9.17, 15) is 31.1 Å². The van der Waals surface area contributed by atoms with Crippen molar-refractivity contribution in [1.29, 1.82) is 0 Å². The van der Waals surface area contributed by atoms with Crippen LogP contribution in [-0.4, -0.2) is 66.7 Å². The van der Waals surface area contributed by atoms with Crippen molar-refractivity contribution in [1.82, 2.24) is 15.1 Å². The second kappa shape index (κ2) is 13.6. The van der Waals surface area contributed by atoms with E-state index in [1.165, 1.54) is 11.9 Å². The number of piperidine rings is 1. The lowest BCUT2D eigenvalue weighted by Crippen LogP contribution is -2.48. The zero-order valence-corrected chi connectivity index (χ0v) is 21.9. The van der Waals surface area contributed by atoms with E-state index in [2.05, 4.69) is 10.2 Å². The number of nitrogens with one attached hydrogen (secondary N) is 1. The molecule has 1 heterocycles. The number of likely N-dealkylation sites (tertiary alicyclic amines) is 1. The quantitative estimate of drug-likeness (QED) is 0.290. The maximum atomic E-state index is 13.6. The lowest BCUT2D eigenvalue weighted by atomic mass is 9.97. The minimum Gasteiger partial charge on any atom is -0.396 e. The van der Waals surface area contributed by atoms with Gasteiger partial charge in [-0.15, -0.1) is 0 Å². The molecule has 3 rings (SSSR count). The van der Waals surface area contributed by atoms with E-state index >= 15 is 0 Å². The summed E-state index contributed by atoms with van der Waals surface area (Å²) in [5, 5.41) is 12.4. The minimum absolute atomic E-state index is 0.0380. The fourth-order valence-electron chi connectivity index (χ4n) is 4.83. The van der Waals surface area contributed by atoms with Crippen LogP contribution in [0.5, 0.6) is 0 Å². The van der Waals surface area contributed by atoms with E-state index in [1.54, 1.807) is 0 Å². The molecule has 1 amide bonds. The standard InChI is InChI=1S/C28H35F6N3O2/c1-36(13-9-20-17-22(27(29,30)31)19-23(18-20)28(32,33)34)26(39)25(21-7-3-2-4-8-21)37-14-10-24(11-15-37)35-12-5-6-16-38/h2-4,7-8,17-19,24-25,35,38H,5-6,9-16H2,1H3. The Kier molecular flexibility index (Phi) is 10.8. The number of likely N-dealkylation sites (N-methyl/N-ethyl adjacent to an activating group) is 1. The van der Waals surface area contributed by atoms with Crippen molar-refractivity contribution in [3.05, 3.63) is 70.8 Å². The molecular weight excluding hydrogens is 524 g/mol. The third kappa shape index (κ3) is 8.94. The number of halogens is 6. The first-order valence-corrected chi connectivity index (χ1v) is 13.1. The monoisotopic (exact) mass is 559 g/mol. The number of hydrogen-bond donors (Lipinski definition) is 2. The summed E-state index contributed by atoms with van der Waals surface area (Å²) < 4.78 is 79.4. The van der Waals surface area contributed by atoms with Crippen molar-refractivity contribution < 1.29 is 36.2 Å². The number of unbranched alkanes of at least 4 members (excludes halogenated alkanes) is 1. The second-order valence-electron chi connectivity index (χ2n) is 9.93. The van der Waals surface area contributed by atoms with E-state index in [-0.39, 0.29) is 37.1 Å². The van der Waals surface area contributed by atoms with Crippen LogP contribution in [0.15, 0.2) is 48.5 Å². The van der Waals surface area contributed by atoms with Gasteiger partial charge in [0, 0.05) is 39.3 Å². The van der Waals surface area contributed by atoms with Gasteiger partial charge in [-0.3, -0.25) is 9.69 Å². The Labute approximate surface area is 224 Å². The fraction of sp³-hybridized carbons (Fsp3) is 0.536. The third-order valence-corrected chi connectivity index (χ3v) is 7.02. The number of alkyl halides is 6. The average molecular weight is 560 g/mol. The Balaban J connectivity index is 1.71. The van der Waals surface area contributed by atoms with Crippen molar-refractivity contribution in [2.45, 2.75) is 56.5 Å². The van der Waals surface area contributed by atoms with Gasteiger partial charge in [0.25, 0.3) is 0 Å². The molecule has 216 valence electrons. The summed E-state index contributed by atoms with van der Waals surface area (Å²) in [6.07, 6.45) is -6.74. The molecule has 2 N–H and O–H groups in total. The van der Waals surface area contributed by atoms with Gasteiger partial charge in [-0.05, 0) is 68.0 Å². The van der Waals surface area contributed by atoms with E-state index in [0.29, 0.717) is 31.3 Å². The molecule has 1 saturated heterocycles. The second-order valence-corrected chi connectivity index (χ2v) is 9.93. The van der Waals surface area contributed by atoms with Gasteiger partial charge in [0.2, 0.25) is 5.91 Å². The van der Waals surface area contributed by atoms with Gasteiger partial charge in [0.15, 0.2) is 0 Å².